The van der Waals surface area contributed by atoms with Crippen molar-refractivity contribution >= 4 is 23.2 Å². The van der Waals surface area contributed by atoms with Crippen LogP contribution in [0, 0.1) is 11.8 Å². The van der Waals surface area contributed by atoms with E-state index >= 15 is 0 Å². The molecular weight excluding hydrogens is 482 g/mol. The van der Waals surface area contributed by atoms with Gasteiger partial charge in [0.05, 0.1) is 27.4 Å². The van der Waals surface area contributed by atoms with E-state index in [4.69, 9.17) is 30.5 Å². The zero-order valence-electron chi connectivity index (χ0n) is 20.8. The Hall–Kier alpha value is -3.03. The second-order valence-electron chi connectivity index (χ2n) is 9.74. The van der Waals surface area contributed by atoms with Crippen LogP contribution in [0.3, 0.4) is 0 Å². The number of Topliss-reactive ketones (excluding diaryl/α,β-unsaturated/α-hetero) is 2. The topological polar surface area (TPSA) is 83.1 Å². The summed E-state index contributed by atoms with van der Waals surface area (Å²) < 4.78 is 22.7. The van der Waals surface area contributed by atoms with E-state index in [1.165, 1.54) is 14.2 Å². The molecule has 1 spiro atoms. The largest absolute Gasteiger partial charge is 0.500 e. The van der Waals surface area contributed by atoms with Gasteiger partial charge in [-0.05, 0) is 24.3 Å². The number of methoxy groups -OCH3 is 3. The van der Waals surface area contributed by atoms with Crippen molar-refractivity contribution in [2.24, 2.45) is 11.8 Å². The predicted molar refractivity (Wildman–Crippen MR) is 135 cm³/mol. The summed E-state index contributed by atoms with van der Waals surface area (Å²) in [5.74, 6) is -0.371. The molecule has 2 aromatic rings. The van der Waals surface area contributed by atoms with Crippen molar-refractivity contribution in [1.29, 1.82) is 0 Å². The van der Waals surface area contributed by atoms with Crippen LogP contribution < -0.4 is 19.5 Å². The van der Waals surface area contributed by atoms with Crippen molar-refractivity contribution in [2.75, 3.05) is 21.3 Å². The van der Waals surface area contributed by atoms with Crippen LogP contribution >= 0.6 is 11.6 Å². The van der Waals surface area contributed by atoms with Crippen LogP contribution in [0.1, 0.15) is 41.6 Å². The van der Waals surface area contributed by atoms with Crippen molar-refractivity contribution in [3.63, 3.8) is 0 Å². The fraction of sp³-hybridized carbons (Fsp3) is 0.429. The van der Waals surface area contributed by atoms with E-state index in [1.54, 1.807) is 13.2 Å². The predicted octanol–water partition coefficient (Wildman–Crippen LogP) is 4.57. The van der Waals surface area contributed by atoms with Gasteiger partial charge >= 0.3 is 0 Å². The Kier molecular flexibility index (Phi) is 6.25. The van der Waals surface area contributed by atoms with Gasteiger partial charge in [0.25, 0.3) is 0 Å². The van der Waals surface area contributed by atoms with Gasteiger partial charge in [0.15, 0.2) is 11.5 Å². The molecule has 1 saturated carbocycles. The Morgan fingerprint density at radius 1 is 1.11 bits per heavy atom. The van der Waals surface area contributed by atoms with Gasteiger partial charge in [-0.15, -0.1) is 0 Å². The summed E-state index contributed by atoms with van der Waals surface area (Å²) in [6.45, 7) is 5.95. The Morgan fingerprint density at radius 3 is 2.44 bits per heavy atom. The average molecular weight is 512 g/mol. The van der Waals surface area contributed by atoms with Crippen molar-refractivity contribution in [3.8, 4) is 17.2 Å². The van der Waals surface area contributed by atoms with Crippen LogP contribution in [0.2, 0.25) is 5.02 Å². The number of rotatable bonds is 5. The van der Waals surface area contributed by atoms with Crippen LogP contribution in [0.5, 0.6) is 17.2 Å². The number of halogens is 1. The lowest BCUT2D eigenvalue weighted by Gasteiger charge is -2.50. The molecule has 0 amide bonds. The molecule has 6 unspecified atom stereocenters. The van der Waals surface area contributed by atoms with E-state index in [9.17, 15) is 9.59 Å². The molecular formula is C28H30ClNO6. The molecule has 0 radical (unpaired) electrons. The lowest BCUT2D eigenvalue weighted by Crippen LogP contribution is -2.67. The SMILES string of the molecule is C=C(OC)C1CC(c2ccccc2)C2C(=O)C3(Oc4c(Cl)c(OC)cc(OC)c4C3=O)C(C)CC2N1. The van der Waals surface area contributed by atoms with Gasteiger partial charge in [0.2, 0.25) is 11.4 Å². The maximum atomic E-state index is 14.5. The van der Waals surface area contributed by atoms with Crippen LogP contribution in [0.4, 0.5) is 0 Å². The highest BCUT2D eigenvalue weighted by molar-refractivity contribution is 6.36. The van der Waals surface area contributed by atoms with Crippen molar-refractivity contribution in [2.45, 2.75) is 43.4 Å². The van der Waals surface area contributed by atoms with Crippen molar-refractivity contribution in [1.82, 2.24) is 5.32 Å². The Morgan fingerprint density at radius 2 is 1.81 bits per heavy atom. The second-order valence-corrected chi connectivity index (χ2v) is 10.1. The third-order valence-corrected chi connectivity index (χ3v) is 8.40. The Labute approximate surface area is 215 Å². The lowest BCUT2D eigenvalue weighted by atomic mass is 9.59. The summed E-state index contributed by atoms with van der Waals surface area (Å²) in [6, 6.07) is 11.2. The van der Waals surface area contributed by atoms with E-state index in [0.717, 1.165) is 5.56 Å². The van der Waals surface area contributed by atoms with Crippen LogP contribution in [0.15, 0.2) is 48.7 Å². The number of benzene rings is 2. The van der Waals surface area contributed by atoms with Crippen molar-refractivity contribution in [3.05, 3.63) is 64.9 Å². The number of hydrogen-bond acceptors (Lipinski definition) is 7. The minimum Gasteiger partial charge on any atom is -0.500 e. The highest BCUT2D eigenvalue weighted by atomic mass is 35.5. The molecule has 2 aliphatic heterocycles. The number of ketones is 2. The maximum absolute atomic E-state index is 14.5. The van der Waals surface area contributed by atoms with E-state index in [0.29, 0.717) is 24.4 Å². The number of piperidine rings is 1. The van der Waals surface area contributed by atoms with E-state index < -0.39 is 23.2 Å². The summed E-state index contributed by atoms with van der Waals surface area (Å²) in [6.07, 6.45) is 1.15. The van der Waals surface area contributed by atoms with E-state index in [-0.39, 0.29) is 45.9 Å². The van der Waals surface area contributed by atoms with E-state index in [1.807, 2.05) is 37.3 Å². The molecule has 1 N–H and O–H groups in total. The summed E-state index contributed by atoms with van der Waals surface area (Å²) in [5, 5.41) is 3.73. The molecule has 190 valence electrons. The smallest absolute Gasteiger partial charge is 0.232 e. The number of nitrogens with one attached hydrogen (secondary N) is 1. The third kappa shape index (κ3) is 3.44. The van der Waals surface area contributed by atoms with Gasteiger partial charge in [-0.25, -0.2) is 0 Å². The summed E-state index contributed by atoms with van der Waals surface area (Å²) in [4.78, 5) is 28.6. The van der Waals surface area contributed by atoms with Crippen molar-refractivity contribution < 1.29 is 28.5 Å². The first-order valence-corrected chi connectivity index (χ1v) is 12.4. The summed E-state index contributed by atoms with van der Waals surface area (Å²) >= 11 is 6.57. The van der Waals surface area contributed by atoms with Gasteiger partial charge < -0.3 is 24.3 Å². The zero-order chi connectivity index (χ0) is 25.8. The number of fused-ring (bicyclic) bond motifs is 2. The summed E-state index contributed by atoms with van der Waals surface area (Å²) in [7, 11) is 4.54. The molecule has 1 aliphatic carbocycles. The molecule has 6 atom stereocenters. The molecule has 0 aromatic heterocycles. The molecule has 5 rings (SSSR count). The minimum absolute atomic E-state index is 0.119. The minimum atomic E-state index is -1.69. The highest BCUT2D eigenvalue weighted by Gasteiger charge is 2.66. The fourth-order valence-electron chi connectivity index (χ4n) is 6.23. The molecule has 1 saturated heterocycles. The standard InChI is InChI=1S/C28H30ClNO6/c1-14-11-19-22(17(16-9-7-6-8-10-16)12-18(30-19)15(2)33-3)26(31)28(14)27(32)23-20(34-4)13-21(35-5)24(29)25(23)36-28/h6-10,13-14,17-19,22,30H,2,11-12H2,1,3-5H3. The number of hydrogen-bond donors (Lipinski definition) is 1. The second kappa shape index (κ2) is 9.12. The fourth-order valence-corrected chi connectivity index (χ4v) is 6.49. The molecule has 2 heterocycles. The Balaban J connectivity index is 1.61. The van der Waals surface area contributed by atoms with Gasteiger partial charge in [0, 0.05) is 23.9 Å². The first kappa shape index (κ1) is 24.7. The van der Waals surface area contributed by atoms with Crippen LogP contribution in [-0.4, -0.2) is 50.6 Å². The molecule has 2 fully saturated rings. The third-order valence-electron chi connectivity index (χ3n) is 8.04. The Bertz CT molecular complexity index is 1230. The van der Waals surface area contributed by atoms with Gasteiger partial charge in [-0.2, -0.15) is 0 Å². The first-order chi connectivity index (χ1) is 17.3. The molecule has 8 heteroatoms. The quantitative estimate of drug-likeness (QED) is 0.465. The zero-order valence-corrected chi connectivity index (χ0v) is 21.6. The normalized spacial score (nSPS) is 30.9. The van der Waals surface area contributed by atoms with Gasteiger partial charge in [0.1, 0.15) is 27.8 Å². The van der Waals surface area contributed by atoms with E-state index in [2.05, 4.69) is 11.9 Å². The van der Waals surface area contributed by atoms with Gasteiger partial charge in [-0.3, -0.25) is 9.59 Å². The molecule has 36 heavy (non-hydrogen) atoms. The van der Waals surface area contributed by atoms with Crippen LogP contribution in [0.25, 0.3) is 0 Å². The molecule has 0 bridgehead atoms. The van der Waals surface area contributed by atoms with Gasteiger partial charge in [-0.1, -0.05) is 55.4 Å². The molecule has 3 aliphatic rings. The summed E-state index contributed by atoms with van der Waals surface area (Å²) in [5.41, 5.74) is -0.471. The molecule has 2 aromatic carbocycles. The number of carbonyl (C=O) groups excluding carboxylic acids is 2. The monoisotopic (exact) mass is 511 g/mol. The maximum Gasteiger partial charge on any atom is 0.232 e. The number of ether oxygens (including phenoxy) is 4. The first-order valence-electron chi connectivity index (χ1n) is 12.0. The highest BCUT2D eigenvalue weighted by Crippen LogP contribution is 2.56. The average Bonchev–Trinajstić information content (AvgIpc) is 3.21. The lowest BCUT2D eigenvalue weighted by molar-refractivity contribution is -0.146. The van der Waals surface area contributed by atoms with Crippen LogP contribution in [-0.2, 0) is 9.53 Å². The number of carbonyl (C=O) groups is 2. The molecule has 7 nitrogen and oxygen atoms in total.